The Hall–Kier alpha value is -2.06. The summed E-state index contributed by atoms with van der Waals surface area (Å²) in [7, 11) is 1.53. The lowest BCUT2D eigenvalue weighted by Crippen LogP contribution is -2.45. The Morgan fingerprint density at radius 2 is 0.884 bits per heavy atom. The number of hydrogen-bond acceptors (Lipinski definition) is 5. The van der Waals surface area contributed by atoms with Crippen LogP contribution in [0.2, 0.25) is 0 Å². The Labute approximate surface area is 427 Å². The number of nitrogens with zero attached hydrogens (tertiary/aromatic N) is 1. The van der Waals surface area contributed by atoms with Crippen LogP contribution in [0.25, 0.3) is 0 Å². The molecule has 0 radical (unpaired) electrons. The van der Waals surface area contributed by atoms with Crippen LogP contribution in [0.4, 0.5) is 0 Å². The molecule has 0 aliphatic carbocycles. The highest BCUT2D eigenvalue weighted by atomic mass is 31.2. The maximum absolute atomic E-state index is 12.9. The summed E-state index contributed by atoms with van der Waals surface area (Å²) >= 11 is 0. The van der Waals surface area contributed by atoms with Gasteiger partial charge in [-0.3, -0.25) is 13.8 Å². The minimum absolute atomic E-state index is 0.0467. The standard InChI is InChI=1S/C60H111N2O6P/c1-6-8-10-12-14-16-18-20-22-23-24-25-26-27-28-29-30-31-32-33-34-35-36-37-38-40-41-43-45-47-49-51-53-59(63)58(57-68-69(65,66)67-56-55-62(3,4)5)61-60(64)54-52-50-48-46-44-42-39-21-19-17-15-13-11-9-7-2/h9,11,15,17,21,37-39,43,45,51,53,58-59,63H,6-8,10,12-14,16,18-20,22-36,40-42,44,46-50,52,54-57H2,1-5H3,(H-,61,64,65,66)/p+1/b11-9-,17-15-,38-37+,39-21-,45-43+,53-51+. The van der Waals surface area contributed by atoms with Crippen LogP contribution in [0.15, 0.2) is 72.9 Å². The maximum atomic E-state index is 12.9. The molecular weight excluding hydrogens is 876 g/mol. The predicted molar refractivity (Wildman–Crippen MR) is 300 cm³/mol. The van der Waals surface area contributed by atoms with Gasteiger partial charge in [0.05, 0.1) is 39.9 Å². The molecule has 0 saturated carbocycles. The van der Waals surface area contributed by atoms with Gasteiger partial charge in [0.2, 0.25) is 5.91 Å². The van der Waals surface area contributed by atoms with Crippen LogP contribution in [-0.2, 0) is 18.4 Å². The number of amides is 1. The summed E-state index contributed by atoms with van der Waals surface area (Å²) in [5, 5.41) is 13.9. The number of carbonyl (C=O) groups is 1. The number of hydrogen-bond donors (Lipinski definition) is 3. The van der Waals surface area contributed by atoms with E-state index in [-0.39, 0.29) is 19.1 Å². The number of allylic oxidation sites excluding steroid dienone is 11. The van der Waals surface area contributed by atoms with Crippen LogP contribution >= 0.6 is 7.82 Å². The fourth-order valence-electron chi connectivity index (χ4n) is 8.15. The number of aliphatic hydroxyl groups is 1. The second-order valence-electron chi connectivity index (χ2n) is 20.6. The molecule has 1 amide bonds. The van der Waals surface area contributed by atoms with Crippen molar-refractivity contribution in [2.45, 2.75) is 264 Å². The molecule has 0 aromatic heterocycles. The molecule has 3 atom stereocenters. The van der Waals surface area contributed by atoms with Gasteiger partial charge in [-0.15, -0.1) is 0 Å². The molecule has 0 saturated heterocycles. The van der Waals surface area contributed by atoms with Gasteiger partial charge in [-0.2, -0.15) is 0 Å². The average molecular weight is 989 g/mol. The van der Waals surface area contributed by atoms with Crippen molar-refractivity contribution in [3.63, 3.8) is 0 Å². The summed E-state index contributed by atoms with van der Waals surface area (Å²) in [5.41, 5.74) is 0. The Bertz CT molecular complexity index is 1350. The van der Waals surface area contributed by atoms with Crippen LogP contribution in [0.3, 0.4) is 0 Å². The zero-order valence-corrected chi connectivity index (χ0v) is 46.7. The second kappa shape index (κ2) is 50.9. The summed E-state index contributed by atoms with van der Waals surface area (Å²) in [5.74, 6) is -0.209. The summed E-state index contributed by atoms with van der Waals surface area (Å²) < 4.78 is 23.6. The van der Waals surface area contributed by atoms with Gasteiger partial charge in [0.25, 0.3) is 0 Å². The average Bonchev–Trinajstić information content (AvgIpc) is 3.31. The molecule has 9 heteroatoms. The lowest BCUT2D eigenvalue weighted by Gasteiger charge is -2.25. The number of phosphoric acid groups is 1. The molecule has 402 valence electrons. The Morgan fingerprint density at radius 1 is 0.507 bits per heavy atom. The largest absolute Gasteiger partial charge is 0.472 e. The normalized spacial score (nSPS) is 14.5. The fraction of sp³-hybridized carbons (Fsp3) is 0.783. The zero-order valence-electron chi connectivity index (χ0n) is 45.8. The monoisotopic (exact) mass is 988 g/mol. The molecule has 0 aliphatic rings. The topological polar surface area (TPSA) is 105 Å². The highest BCUT2D eigenvalue weighted by Crippen LogP contribution is 2.43. The lowest BCUT2D eigenvalue weighted by molar-refractivity contribution is -0.870. The molecule has 0 fully saturated rings. The number of rotatable bonds is 52. The van der Waals surface area contributed by atoms with Crippen molar-refractivity contribution in [1.29, 1.82) is 0 Å². The van der Waals surface area contributed by atoms with Gasteiger partial charge >= 0.3 is 7.82 Å². The molecule has 3 unspecified atom stereocenters. The summed E-state index contributed by atoms with van der Waals surface area (Å²) in [4.78, 5) is 23.2. The smallest absolute Gasteiger partial charge is 0.387 e. The van der Waals surface area contributed by atoms with E-state index in [2.05, 4.69) is 79.9 Å². The van der Waals surface area contributed by atoms with Crippen LogP contribution in [0, 0.1) is 0 Å². The van der Waals surface area contributed by atoms with Crippen molar-refractivity contribution in [2.75, 3.05) is 40.9 Å². The molecule has 0 spiro atoms. The SMILES string of the molecule is CC/C=C\C/C=C\C/C=C\CCCCCCCC(=O)NC(COP(=O)(O)OCC[N+](C)(C)C)C(O)/C=C/CC/C=C/CC/C=C/CCCCCCCCCCCCCCCCCCCCCCCC. The molecular formula is C60H112N2O6P+. The highest BCUT2D eigenvalue weighted by Gasteiger charge is 2.27. The molecule has 69 heavy (non-hydrogen) atoms. The van der Waals surface area contributed by atoms with E-state index < -0.39 is 20.0 Å². The zero-order chi connectivity index (χ0) is 50.6. The lowest BCUT2D eigenvalue weighted by atomic mass is 10.0. The van der Waals surface area contributed by atoms with Gasteiger partial charge in [0.15, 0.2) is 0 Å². The molecule has 0 rings (SSSR count). The molecule has 0 aromatic carbocycles. The van der Waals surface area contributed by atoms with Gasteiger partial charge < -0.3 is 19.8 Å². The first kappa shape index (κ1) is 66.9. The Balaban J connectivity index is 4.20. The third-order valence-electron chi connectivity index (χ3n) is 12.6. The molecule has 0 aliphatic heterocycles. The van der Waals surface area contributed by atoms with Crippen molar-refractivity contribution >= 4 is 13.7 Å². The van der Waals surface area contributed by atoms with Gasteiger partial charge in [-0.05, 0) is 77.0 Å². The molecule has 0 heterocycles. The number of quaternary nitrogens is 1. The number of likely N-dealkylation sites (N-methyl/N-ethyl adjacent to an activating group) is 1. The summed E-state index contributed by atoms with van der Waals surface area (Å²) in [6, 6.07) is -0.883. The Kier molecular flexibility index (Phi) is 49.3. The van der Waals surface area contributed by atoms with Crippen molar-refractivity contribution in [3.8, 4) is 0 Å². The first-order chi connectivity index (χ1) is 33.5. The van der Waals surface area contributed by atoms with Crippen LogP contribution < -0.4 is 5.32 Å². The number of aliphatic hydroxyl groups excluding tert-OH is 1. The van der Waals surface area contributed by atoms with E-state index >= 15 is 0 Å². The number of carbonyl (C=O) groups excluding carboxylic acids is 1. The minimum Gasteiger partial charge on any atom is -0.387 e. The number of nitrogens with one attached hydrogen (secondary N) is 1. The van der Waals surface area contributed by atoms with E-state index in [1.54, 1.807) is 6.08 Å². The van der Waals surface area contributed by atoms with Crippen molar-refractivity contribution in [2.24, 2.45) is 0 Å². The highest BCUT2D eigenvalue weighted by molar-refractivity contribution is 7.47. The van der Waals surface area contributed by atoms with Crippen LogP contribution in [-0.4, -0.2) is 73.4 Å². The third kappa shape index (κ3) is 53.6. The maximum Gasteiger partial charge on any atom is 0.472 e. The van der Waals surface area contributed by atoms with Gasteiger partial charge in [0.1, 0.15) is 13.2 Å². The van der Waals surface area contributed by atoms with E-state index in [0.717, 1.165) is 83.5 Å². The fourth-order valence-corrected chi connectivity index (χ4v) is 8.88. The first-order valence-electron chi connectivity index (χ1n) is 28.8. The minimum atomic E-state index is -4.37. The van der Waals surface area contributed by atoms with Gasteiger partial charge in [-0.1, -0.05) is 241 Å². The van der Waals surface area contributed by atoms with E-state index in [1.807, 2.05) is 27.2 Å². The van der Waals surface area contributed by atoms with Crippen LogP contribution in [0.5, 0.6) is 0 Å². The molecule has 3 N–H and O–H groups in total. The quantitative estimate of drug-likeness (QED) is 0.0243. The van der Waals surface area contributed by atoms with E-state index in [4.69, 9.17) is 9.05 Å². The summed E-state index contributed by atoms with van der Waals surface area (Å²) in [6.07, 6.45) is 70.3. The van der Waals surface area contributed by atoms with Crippen molar-refractivity contribution < 1.29 is 32.9 Å². The van der Waals surface area contributed by atoms with Gasteiger partial charge in [0, 0.05) is 6.42 Å². The number of unbranched alkanes of at least 4 members (excludes halogenated alkanes) is 29. The predicted octanol–water partition coefficient (Wildman–Crippen LogP) is 17.5. The number of phosphoric ester groups is 1. The van der Waals surface area contributed by atoms with E-state index in [0.29, 0.717) is 17.4 Å². The van der Waals surface area contributed by atoms with E-state index in [1.165, 1.54) is 148 Å². The Morgan fingerprint density at radius 3 is 1.33 bits per heavy atom. The molecule has 8 nitrogen and oxygen atoms in total. The van der Waals surface area contributed by atoms with Crippen LogP contribution in [0.1, 0.15) is 251 Å². The first-order valence-corrected chi connectivity index (χ1v) is 30.3. The molecule has 0 aromatic rings. The van der Waals surface area contributed by atoms with Crippen molar-refractivity contribution in [1.82, 2.24) is 5.32 Å². The van der Waals surface area contributed by atoms with E-state index in [9.17, 15) is 19.4 Å². The third-order valence-corrected chi connectivity index (χ3v) is 13.6. The van der Waals surface area contributed by atoms with Crippen molar-refractivity contribution in [3.05, 3.63) is 72.9 Å². The molecule has 0 bridgehead atoms. The summed E-state index contributed by atoms with van der Waals surface area (Å²) in [6.45, 7) is 4.67. The second-order valence-corrected chi connectivity index (χ2v) is 22.1. The van der Waals surface area contributed by atoms with Gasteiger partial charge in [-0.25, -0.2) is 4.57 Å².